The van der Waals surface area contributed by atoms with Crippen molar-refractivity contribution in [3.05, 3.63) is 35.9 Å². The van der Waals surface area contributed by atoms with E-state index in [0.717, 1.165) is 5.56 Å². The summed E-state index contributed by atoms with van der Waals surface area (Å²) in [6.45, 7) is 0. The van der Waals surface area contributed by atoms with E-state index in [1.54, 1.807) is 0 Å². The number of hydrogen-bond donors (Lipinski definition) is 1. The van der Waals surface area contributed by atoms with Gasteiger partial charge in [0.15, 0.2) is 0 Å². The van der Waals surface area contributed by atoms with Crippen molar-refractivity contribution in [1.29, 1.82) is 5.26 Å². The fraction of sp³-hybridized carbons (Fsp3) is 0.357. The lowest BCUT2D eigenvalue weighted by Gasteiger charge is -2.31. The van der Waals surface area contributed by atoms with Gasteiger partial charge in [-0.25, -0.2) is 0 Å². The Morgan fingerprint density at radius 1 is 1.42 bits per heavy atom. The topological polar surface area (TPSA) is 79.2 Å². The van der Waals surface area contributed by atoms with Crippen LogP contribution in [0.4, 0.5) is 0 Å². The summed E-state index contributed by atoms with van der Waals surface area (Å²) in [5, 5.41) is 11.8. The molecular weight excluding hydrogens is 244 g/mol. The van der Waals surface area contributed by atoms with Gasteiger partial charge in [-0.2, -0.15) is 5.26 Å². The van der Waals surface area contributed by atoms with Crippen LogP contribution in [0.15, 0.2) is 30.3 Å². The van der Waals surface area contributed by atoms with E-state index in [1.807, 2.05) is 36.4 Å². The van der Waals surface area contributed by atoms with E-state index < -0.39 is 23.7 Å². The minimum atomic E-state index is -0.979. The largest absolute Gasteiger partial charge is 0.469 e. The quantitative estimate of drug-likeness (QED) is 0.808. The van der Waals surface area contributed by atoms with Crippen molar-refractivity contribution in [2.24, 2.45) is 11.8 Å². The minimum absolute atomic E-state index is 0.262. The smallest absolute Gasteiger partial charge is 0.310 e. The Labute approximate surface area is 111 Å². The molecule has 1 saturated heterocycles. The molecule has 1 fully saturated rings. The molecule has 5 heteroatoms. The molecule has 1 heterocycles. The highest BCUT2D eigenvalue weighted by Gasteiger charge is 2.41. The number of ether oxygens (including phenoxy) is 1. The van der Waals surface area contributed by atoms with Gasteiger partial charge in [0.05, 0.1) is 25.1 Å². The second-order valence-electron chi connectivity index (χ2n) is 4.44. The Balaban J connectivity index is 2.26. The van der Waals surface area contributed by atoms with Crippen molar-refractivity contribution in [3.8, 4) is 6.07 Å². The van der Waals surface area contributed by atoms with Crippen LogP contribution in [-0.4, -0.2) is 19.0 Å². The second kappa shape index (κ2) is 5.53. The molecular formula is C14H14N2O3. The third-order valence-electron chi connectivity index (χ3n) is 3.34. The molecule has 19 heavy (non-hydrogen) atoms. The van der Waals surface area contributed by atoms with Crippen molar-refractivity contribution in [1.82, 2.24) is 5.32 Å². The van der Waals surface area contributed by atoms with Gasteiger partial charge in [-0.1, -0.05) is 30.3 Å². The lowest BCUT2D eigenvalue weighted by atomic mass is 9.81. The SMILES string of the molecule is COC(=O)C1CC(c2ccccc2)NC(=O)C1C#N. The van der Waals surface area contributed by atoms with Gasteiger partial charge in [-0.3, -0.25) is 9.59 Å². The standard InChI is InChI=1S/C14H14N2O3/c1-19-14(18)10-7-12(9-5-3-2-4-6-9)16-13(17)11(10)8-15/h2-6,10-12H,7H2,1H3,(H,16,17). The number of amides is 1. The maximum absolute atomic E-state index is 11.9. The number of nitrogens with one attached hydrogen (secondary N) is 1. The van der Waals surface area contributed by atoms with Gasteiger partial charge in [-0.15, -0.1) is 0 Å². The van der Waals surface area contributed by atoms with Crippen LogP contribution in [0.2, 0.25) is 0 Å². The van der Waals surface area contributed by atoms with E-state index in [0.29, 0.717) is 6.42 Å². The first-order valence-corrected chi connectivity index (χ1v) is 6.00. The van der Waals surface area contributed by atoms with E-state index in [-0.39, 0.29) is 6.04 Å². The van der Waals surface area contributed by atoms with Gasteiger partial charge in [0, 0.05) is 0 Å². The van der Waals surface area contributed by atoms with Crippen LogP contribution in [0, 0.1) is 23.2 Å². The van der Waals surface area contributed by atoms with Gasteiger partial charge in [-0.05, 0) is 12.0 Å². The Hall–Kier alpha value is -2.35. The number of nitriles is 1. The molecule has 2 rings (SSSR count). The molecule has 1 N–H and O–H groups in total. The van der Waals surface area contributed by atoms with Crippen LogP contribution in [0.1, 0.15) is 18.0 Å². The molecule has 0 spiro atoms. The number of carbonyl (C=O) groups excluding carboxylic acids is 2. The normalized spacial score (nSPS) is 26.1. The Bertz CT molecular complexity index is 521. The van der Waals surface area contributed by atoms with Crippen molar-refractivity contribution < 1.29 is 14.3 Å². The van der Waals surface area contributed by atoms with Crippen molar-refractivity contribution in [3.63, 3.8) is 0 Å². The van der Waals surface area contributed by atoms with Crippen LogP contribution in [-0.2, 0) is 14.3 Å². The molecule has 1 aromatic carbocycles. The molecule has 3 unspecified atom stereocenters. The first kappa shape index (κ1) is 13.1. The summed E-state index contributed by atoms with van der Waals surface area (Å²) in [7, 11) is 1.26. The monoisotopic (exact) mass is 258 g/mol. The molecule has 0 bridgehead atoms. The molecule has 1 amide bonds. The molecule has 1 aliphatic heterocycles. The summed E-state index contributed by atoms with van der Waals surface area (Å²) < 4.78 is 4.68. The van der Waals surface area contributed by atoms with E-state index >= 15 is 0 Å². The van der Waals surface area contributed by atoms with Crippen LogP contribution in [0.25, 0.3) is 0 Å². The predicted molar refractivity (Wildman–Crippen MR) is 66.6 cm³/mol. The average molecular weight is 258 g/mol. The molecule has 5 nitrogen and oxygen atoms in total. The van der Waals surface area contributed by atoms with Crippen molar-refractivity contribution >= 4 is 11.9 Å². The predicted octanol–water partition coefficient (Wildman–Crippen LogP) is 1.18. The number of rotatable bonds is 2. The summed E-state index contributed by atoms with van der Waals surface area (Å²) >= 11 is 0. The van der Waals surface area contributed by atoms with Gasteiger partial charge < -0.3 is 10.1 Å². The van der Waals surface area contributed by atoms with Crippen molar-refractivity contribution in [2.75, 3.05) is 7.11 Å². The highest BCUT2D eigenvalue weighted by Crippen LogP contribution is 2.31. The summed E-state index contributed by atoms with van der Waals surface area (Å²) in [5.74, 6) is -2.62. The molecule has 0 radical (unpaired) electrons. The van der Waals surface area contributed by atoms with E-state index in [2.05, 4.69) is 10.1 Å². The number of carbonyl (C=O) groups is 2. The number of methoxy groups -OCH3 is 1. The average Bonchev–Trinajstić information content (AvgIpc) is 2.46. The number of piperidine rings is 1. The van der Waals surface area contributed by atoms with E-state index in [1.165, 1.54) is 7.11 Å². The third-order valence-corrected chi connectivity index (χ3v) is 3.34. The zero-order valence-corrected chi connectivity index (χ0v) is 10.5. The molecule has 1 aliphatic rings. The number of nitrogens with zero attached hydrogens (tertiary/aromatic N) is 1. The van der Waals surface area contributed by atoms with E-state index in [9.17, 15) is 9.59 Å². The zero-order valence-electron chi connectivity index (χ0n) is 10.5. The van der Waals surface area contributed by atoms with Gasteiger partial charge in [0.25, 0.3) is 0 Å². The summed E-state index contributed by atoms with van der Waals surface area (Å²) in [6, 6.07) is 11.0. The summed E-state index contributed by atoms with van der Waals surface area (Å²) in [4.78, 5) is 23.6. The second-order valence-corrected chi connectivity index (χ2v) is 4.44. The maximum atomic E-state index is 11.9. The molecule has 3 atom stereocenters. The van der Waals surface area contributed by atoms with E-state index in [4.69, 9.17) is 5.26 Å². The van der Waals surface area contributed by atoms with Gasteiger partial charge in [0.1, 0.15) is 5.92 Å². The highest BCUT2D eigenvalue weighted by atomic mass is 16.5. The molecule has 98 valence electrons. The fourth-order valence-corrected chi connectivity index (χ4v) is 2.33. The Kier molecular flexibility index (Phi) is 3.81. The van der Waals surface area contributed by atoms with Crippen LogP contribution in [0.5, 0.6) is 0 Å². The molecule has 0 aromatic heterocycles. The van der Waals surface area contributed by atoms with Crippen LogP contribution >= 0.6 is 0 Å². The molecule has 1 aromatic rings. The van der Waals surface area contributed by atoms with Crippen LogP contribution in [0.3, 0.4) is 0 Å². The number of esters is 1. The highest BCUT2D eigenvalue weighted by molar-refractivity contribution is 5.89. The number of benzene rings is 1. The Morgan fingerprint density at radius 3 is 2.68 bits per heavy atom. The van der Waals surface area contributed by atoms with Crippen LogP contribution < -0.4 is 5.32 Å². The number of hydrogen-bond acceptors (Lipinski definition) is 4. The Morgan fingerprint density at radius 2 is 2.11 bits per heavy atom. The summed E-state index contributed by atoms with van der Waals surface area (Å²) in [6.07, 6.45) is 0.376. The lowest BCUT2D eigenvalue weighted by Crippen LogP contribution is -2.46. The van der Waals surface area contributed by atoms with Gasteiger partial charge in [0.2, 0.25) is 5.91 Å². The zero-order chi connectivity index (χ0) is 13.8. The third kappa shape index (κ3) is 2.58. The van der Waals surface area contributed by atoms with Crippen molar-refractivity contribution in [2.45, 2.75) is 12.5 Å². The summed E-state index contributed by atoms with van der Waals surface area (Å²) in [5.41, 5.74) is 0.918. The maximum Gasteiger partial charge on any atom is 0.310 e. The molecule has 0 saturated carbocycles. The molecule has 0 aliphatic carbocycles. The van der Waals surface area contributed by atoms with Gasteiger partial charge >= 0.3 is 5.97 Å². The minimum Gasteiger partial charge on any atom is -0.469 e. The first-order valence-electron chi connectivity index (χ1n) is 6.00. The lowest BCUT2D eigenvalue weighted by molar-refractivity contribution is -0.151. The first-order chi connectivity index (χ1) is 9.17. The fourth-order valence-electron chi connectivity index (χ4n) is 2.33.